The van der Waals surface area contributed by atoms with E-state index in [4.69, 9.17) is 0 Å². The molecule has 7 heteroatoms. The lowest BCUT2D eigenvalue weighted by Crippen LogP contribution is -2.47. The summed E-state index contributed by atoms with van der Waals surface area (Å²) >= 11 is 0. The number of piperazine rings is 1. The Balaban J connectivity index is 1.43. The fourth-order valence-electron chi connectivity index (χ4n) is 3.75. The molecule has 2 aliphatic heterocycles. The van der Waals surface area contributed by atoms with E-state index in [0.717, 1.165) is 51.3 Å². The summed E-state index contributed by atoms with van der Waals surface area (Å²) in [5, 5.41) is 5.97. The van der Waals surface area contributed by atoms with Crippen molar-refractivity contribution in [2.75, 3.05) is 46.3 Å². The van der Waals surface area contributed by atoms with E-state index < -0.39 is 0 Å². The molecule has 1 aromatic carbocycles. The fourth-order valence-corrected chi connectivity index (χ4v) is 3.75. The Bertz CT molecular complexity index is 668. The summed E-state index contributed by atoms with van der Waals surface area (Å²) in [6.45, 7) is 10.1. The Kier molecular flexibility index (Phi) is 6.91. The minimum Gasteiger partial charge on any atom is -0.336 e. The van der Waals surface area contributed by atoms with E-state index in [2.05, 4.69) is 41.3 Å². The van der Waals surface area contributed by atoms with Crippen molar-refractivity contribution in [2.45, 2.75) is 38.9 Å². The molecule has 0 bridgehead atoms. The summed E-state index contributed by atoms with van der Waals surface area (Å²) in [6.07, 6.45) is 0.995. The van der Waals surface area contributed by atoms with Crippen LogP contribution < -0.4 is 10.6 Å². The van der Waals surface area contributed by atoms with Crippen molar-refractivity contribution in [1.29, 1.82) is 0 Å². The fraction of sp³-hybridized carbons (Fsp3) is 0.619. The van der Waals surface area contributed by atoms with Crippen LogP contribution in [0.25, 0.3) is 0 Å². The van der Waals surface area contributed by atoms with Gasteiger partial charge in [0.2, 0.25) is 0 Å². The van der Waals surface area contributed by atoms with Crippen molar-refractivity contribution in [2.24, 2.45) is 0 Å². The van der Waals surface area contributed by atoms with Crippen LogP contribution in [0.5, 0.6) is 0 Å². The van der Waals surface area contributed by atoms with Gasteiger partial charge < -0.3 is 20.4 Å². The summed E-state index contributed by atoms with van der Waals surface area (Å²) in [5.41, 5.74) is 1.69. The van der Waals surface area contributed by atoms with Crippen LogP contribution in [0.2, 0.25) is 0 Å². The average Bonchev–Trinajstić information content (AvgIpc) is 3.16. The van der Waals surface area contributed by atoms with Gasteiger partial charge in [-0.05, 0) is 45.0 Å². The predicted molar refractivity (Wildman–Crippen MR) is 110 cm³/mol. The molecule has 2 fully saturated rings. The maximum absolute atomic E-state index is 12.6. The molecule has 2 N–H and O–H groups in total. The quantitative estimate of drug-likeness (QED) is 0.801. The van der Waals surface area contributed by atoms with Crippen molar-refractivity contribution < 1.29 is 9.59 Å². The molecular formula is C21H33N5O2. The smallest absolute Gasteiger partial charge is 0.315 e. The highest BCUT2D eigenvalue weighted by atomic mass is 16.2. The number of urea groups is 1. The molecule has 0 radical (unpaired) electrons. The van der Waals surface area contributed by atoms with Gasteiger partial charge in [-0.3, -0.25) is 9.69 Å². The van der Waals surface area contributed by atoms with E-state index in [0.29, 0.717) is 18.2 Å². The minimum atomic E-state index is -0.131. The van der Waals surface area contributed by atoms with Gasteiger partial charge in [0, 0.05) is 63.5 Å². The molecule has 0 aliphatic carbocycles. The number of carbonyl (C=O) groups excluding carboxylic acids is 2. The second-order valence-corrected chi connectivity index (χ2v) is 8.19. The van der Waals surface area contributed by atoms with Crippen LogP contribution in [0.15, 0.2) is 24.3 Å². The monoisotopic (exact) mass is 387 g/mol. The number of hydrogen-bond acceptors (Lipinski definition) is 4. The van der Waals surface area contributed by atoms with Crippen LogP contribution in [0.4, 0.5) is 4.79 Å². The second kappa shape index (κ2) is 9.39. The number of benzene rings is 1. The molecule has 0 saturated carbocycles. The largest absolute Gasteiger partial charge is 0.336 e. The maximum atomic E-state index is 12.6. The number of rotatable bonds is 5. The van der Waals surface area contributed by atoms with Crippen LogP contribution in [-0.4, -0.2) is 85.0 Å². The molecule has 0 aromatic heterocycles. The summed E-state index contributed by atoms with van der Waals surface area (Å²) in [6, 6.07) is 8.14. The number of hydrogen-bond donors (Lipinski definition) is 2. The molecule has 2 heterocycles. The Morgan fingerprint density at radius 1 is 1.07 bits per heavy atom. The normalized spacial score (nSPS) is 21.1. The molecule has 2 aliphatic rings. The number of carbonyl (C=O) groups is 2. The maximum Gasteiger partial charge on any atom is 0.315 e. The molecule has 3 amide bonds. The highest BCUT2D eigenvalue weighted by molar-refractivity contribution is 5.94. The first-order chi connectivity index (χ1) is 13.4. The van der Waals surface area contributed by atoms with Gasteiger partial charge in [-0.2, -0.15) is 0 Å². The number of likely N-dealkylation sites (N-methyl/N-ethyl adjacent to an activating group) is 1. The zero-order valence-electron chi connectivity index (χ0n) is 17.3. The average molecular weight is 388 g/mol. The molecular weight excluding hydrogens is 354 g/mol. The van der Waals surface area contributed by atoms with Crippen LogP contribution in [0.3, 0.4) is 0 Å². The first kappa shape index (κ1) is 20.6. The third kappa shape index (κ3) is 5.45. The molecule has 28 heavy (non-hydrogen) atoms. The van der Waals surface area contributed by atoms with Crippen molar-refractivity contribution >= 4 is 11.9 Å². The summed E-state index contributed by atoms with van der Waals surface area (Å²) in [4.78, 5) is 31.2. The molecule has 0 spiro atoms. The number of nitrogens with one attached hydrogen (secondary N) is 2. The van der Waals surface area contributed by atoms with Gasteiger partial charge in [-0.1, -0.05) is 12.1 Å². The van der Waals surface area contributed by atoms with Crippen LogP contribution >= 0.6 is 0 Å². The van der Waals surface area contributed by atoms with Gasteiger partial charge >= 0.3 is 6.03 Å². The minimum absolute atomic E-state index is 0.0845. The lowest BCUT2D eigenvalue weighted by Gasteiger charge is -2.32. The van der Waals surface area contributed by atoms with Crippen LogP contribution in [-0.2, 0) is 6.54 Å². The zero-order valence-corrected chi connectivity index (χ0v) is 17.3. The predicted octanol–water partition coefficient (Wildman–Crippen LogP) is 1.36. The van der Waals surface area contributed by atoms with Gasteiger partial charge in [0.1, 0.15) is 0 Å². The standard InChI is InChI=1S/C21H33N5O2/c1-16(2)26-9-8-19(15-26)23-21(28)22-14-17-4-6-18(7-5-17)20(27)25-12-10-24(3)11-13-25/h4-7,16,19H,8-15H2,1-3H3,(H2,22,23,28). The van der Waals surface area contributed by atoms with Gasteiger partial charge in [-0.25, -0.2) is 4.79 Å². The van der Waals surface area contributed by atoms with E-state index >= 15 is 0 Å². The number of likely N-dealkylation sites (tertiary alicyclic amines) is 1. The van der Waals surface area contributed by atoms with E-state index in [1.807, 2.05) is 29.2 Å². The lowest BCUT2D eigenvalue weighted by atomic mass is 10.1. The number of nitrogens with zero attached hydrogens (tertiary/aromatic N) is 3. The highest BCUT2D eigenvalue weighted by Crippen LogP contribution is 2.12. The molecule has 1 unspecified atom stereocenters. The molecule has 3 rings (SSSR count). The van der Waals surface area contributed by atoms with Crippen molar-refractivity contribution in [1.82, 2.24) is 25.3 Å². The first-order valence-electron chi connectivity index (χ1n) is 10.3. The molecule has 2 saturated heterocycles. The summed E-state index contributed by atoms with van der Waals surface area (Å²) < 4.78 is 0. The van der Waals surface area contributed by atoms with E-state index in [1.165, 1.54) is 0 Å². The van der Waals surface area contributed by atoms with Crippen molar-refractivity contribution in [3.05, 3.63) is 35.4 Å². The van der Waals surface area contributed by atoms with Crippen LogP contribution in [0.1, 0.15) is 36.2 Å². The van der Waals surface area contributed by atoms with Gasteiger partial charge in [0.05, 0.1) is 0 Å². The zero-order chi connectivity index (χ0) is 20.1. The van der Waals surface area contributed by atoms with Crippen LogP contribution in [0, 0.1) is 0 Å². The van der Waals surface area contributed by atoms with Gasteiger partial charge in [-0.15, -0.1) is 0 Å². The Hall–Kier alpha value is -2.12. The highest BCUT2D eigenvalue weighted by Gasteiger charge is 2.25. The SMILES string of the molecule is CC(C)N1CCC(NC(=O)NCc2ccc(C(=O)N3CCN(C)CC3)cc2)C1. The molecule has 7 nitrogen and oxygen atoms in total. The third-order valence-corrected chi connectivity index (χ3v) is 5.73. The topological polar surface area (TPSA) is 67.9 Å². The third-order valence-electron chi connectivity index (χ3n) is 5.73. The van der Waals surface area contributed by atoms with Crippen molar-refractivity contribution in [3.8, 4) is 0 Å². The van der Waals surface area contributed by atoms with Gasteiger partial charge in [0.25, 0.3) is 5.91 Å². The van der Waals surface area contributed by atoms with Crippen molar-refractivity contribution in [3.63, 3.8) is 0 Å². The second-order valence-electron chi connectivity index (χ2n) is 8.19. The first-order valence-corrected chi connectivity index (χ1v) is 10.3. The van der Waals surface area contributed by atoms with Gasteiger partial charge in [0.15, 0.2) is 0 Å². The van der Waals surface area contributed by atoms with E-state index in [1.54, 1.807) is 0 Å². The molecule has 154 valence electrons. The number of amides is 3. The Labute approximate surface area is 168 Å². The summed E-state index contributed by atoms with van der Waals surface area (Å²) in [5.74, 6) is 0.0845. The Morgan fingerprint density at radius 3 is 2.36 bits per heavy atom. The Morgan fingerprint density at radius 2 is 1.75 bits per heavy atom. The molecule has 1 atom stereocenters. The molecule has 1 aromatic rings. The van der Waals surface area contributed by atoms with E-state index in [9.17, 15) is 9.59 Å². The van der Waals surface area contributed by atoms with E-state index in [-0.39, 0.29) is 18.0 Å². The summed E-state index contributed by atoms with van der Waals surface area (Å²) in [7, 11) is 2.08. The lowest BCUT2D eigenvalue weighted by molar-refractivity contribution is 0.0664.